The largest absolute Gasteiger partial charge is 0.492 e. The van der Waals surface area contributed by atoms with E-state index in [1.807, 2.05) is 0 Å². The van der Waals surface area contributed by atoms with Gasteiger partial charge in [0.25, 0.3) is 0 Å². The van der Waals surface area contributed by atoms with Gasteiger partial charge in [0.05, 0.1) is 24.6 Å². The first kappa shape index (κ1) is 19.3. The molecule has 0 saturated carbocycles. The van der Waals surface area contributed by atoms with Crippen molar-refractivity contribution in [3.63, 3.8) is 0 Å². The Morgan fingerprint density at radius 1 is 1.13 bits per heavy atom. The summed E-state index contributed by atoms with van der Waals surface area (Å²) < 4.78 is 58.1. The average Bonchev–Trinajstić information content (AvgIpc) is 3.39. The smallest absolute Gasteiger partial charge is 0.419 e. The maximum Gasteiger partial charge on any atom is 0.419 e. The predicted octanol–water partition coefficient (Wildman–Crippen LogP) is 3.47. The molecule has 31 heavy (non-hydrogen) atoms. The van der Waals surface area contributed by atoms with Crippen molar-refractivity contribution in [2.45, 2.75) is 19.1 Å². The van der Waals surface area contributed by atoms with Gasteiger partial charge in [0.1, 0.15) is 5.52 Å². The van der Waals surface area contributed by atoms with Crippen LogP contribution in [0.4, 0.5) is 23.5 Å². The van der Waals surface area contributed by atoms with Gasteiger partial charge in [-0.25, -0.2) is 14.4 Å². The van der Waals surface area contributed by atoms with Crippen molar-refractivity contribution in [1.29, 1.82) is 0 Å². The highest BCUT2D eigenvalue weighted by Crippen LogP contribution is 2.38. The zero-order chi connectivity index (χ0) is 21.8. The number of hydrogen-bond acceptors (Lipinski definition) is 6. The number of aromatic nitrogens is 6. The van der Waals surface area contributed by atoms with Crippen molar-refractivity contribution in [1.82, 2.24) is 30.4 Å². The molecule has 4 aromatic rings. The van der Waals surface area contributed by atoms with Gasteiger partial charge in [-0.05, 0) is 6.07 Å². The molecule has 0 spiro atoms. The van der Waals surface area contributed by atoms with Crippen molar-refractivity contribution < 1.29 is 22.3 Å². The Hall–Kier alpha value is -3.70. The quantitative estimate of drug-likeness (QED) is 0.481. The number of hydrogen-bond donors (Lipinski definition) is 2. The minimum absolute atomic E-state index is 0.0560. The molecule has 2 N–H and O–H groups in total. The first-order valence-corrected chi connectivity index (χ1v) is 9.27. The van der Waals surface area contributed by atoms with Gasteiger partial charge < -0.3 is 9.64 Å². The highest BCUT2D eigenvalue weighted by molar-refractivity contribution is 5.97. The van der Waals surface area contributed by atoms with Crippen molar-refractivity contribution in [2.75, 3.05) is 18.6 Å². The highest BCUT2D eigenvalue weighted by atomic mass is 19.4. The molecule has 5 rings (SSSR count). The third-order valence-electron chi connectivity index (χ3n) is 5.29. The first-order chi connectivity index (χ1) is 14.9. The van der Waals surface area contributed by atoms with Crippen LogP contribution in [0.3, 0.4) is 0 Å². The van der Waals surface area contributed by atoms with E-state index in [0.717, 1.165) is 23.7 Å². The molecule has 8 nitrogen and oxygen atoms in total. The molecule has 3 aromatic heterocycles. The van der Waals surface area contributed by atoms with Gasteiger partial charge in [-0.1, -0.05) is 0 Å². The Morgan fingerprint density at radius 3 is 2.61 bits per heavy atom. The standard InChI is InChI=1S/C19H15F4N7O/c1-31-17-13(20)4-10(11-7-26-28-16(11)17)15-12-8-30(3-2-14(12)27-29-15)18-24-5-9(6-25-18)19(21,22)23/h4-7H,2-3,8H2,1H3,(H,26,28)(H,27,29). The molecule has 0 bridgehead atoms. The van der Waals surface area contributed by atoms with Crippen LogP contribution in [0, 0.1) is 5.82 Å². The van der Waals surface area contributed by atoms with E-state index in [-0.39, 0.29) is 11.7 Å². The molecule has 1 aliphatic rings. The molecule has 0 atom stereocenters. The molecule has 0 fully saturated rings. The molecular weight excluding hydrogens is 418 g/mol. The van der Waals surface area contributed by atoms with E-state index in [9.17, 15) is 17.6 Å². The van der Waals surface area contributed by atoms with Crippen molar-refractivity contribution in [3.8, 4) is 17.0 Å². The van der Waals surface area contributed by atoms with Gasteiger partial charge in [-0.15, -0.1) is 0 Å². The Labute approximate surface area is 172 Å². The highest BCUT2D eigenvalue weighted by Gasteiger charge is 2.32. The summed E-state index contributed by atoms with van der Waals surface area (Å²) in [5, 5.41) is 14.7. The fourth-order valence-electron chi connectivity index (χ4n) is 3.77. The summed E-state index contributed by atoms with van der Waals surface area (Å²) >= 11 is 0. The zero-order valence-corrected chi connectivity index (χ0v) is 16.1. The van der Waals surface area contributed by atoms with E-state index in [1.165, 1.54) is 13.2 Å². The molecule has 0 aliphatic carbocycles. The topological polar surface area (TPSA) is 95.6 Å². The normalized spacial score (nSPS) is 14.2. The summed E-state index contributed by atoms with van der Waals surface area (Å²) in [6.45, 7) is 0.803. The number of fused-ring (bicyclic) bond motifs is 2. The number of methoxy groups -OCH3 is 1. The lowest BCUT2D eigenvalue weighted by atomic mass is 9.98. The lowest BCUT2D eigenvalue weighted by Gasteiger charge is -2.27. The van der Waals surface area contributed by atoms with Gasteiger partial charge >= 0.3 is 6.18 Å². The fraction of sp³-hybridized carbons (Fsp3) is 0.263. The van der Waals surface area contributed by atoms with Gasteiger partial charge in [-0.2, -0.15) is 23.4 Å². The number of halogens is 4. The molecule has 1 aliphatic heterocycles. The van der Waals surface area contributed by atoms with E-state index in [1.54, 1.807) is 11.1 Å². The third-order valence-corrected chi connectivity index (χ3v) is 5.29. The minimum Gasteiger partial charge on any atom is -0.492 e. The molecule has 12 heteroatoms. The Balaban J connectivity index is 1.53. The van der Waals surface area contributed by atoms with Crippen LogP contribution < -0.4 is 9.64 Å². The van der Waals surface area contributed by atoms with Gasteiger partial charge in [-0.3, -0.25) is 10.2 Å². The van der Waals surface area contributed by atoms with Crippen molar-refractivity contribution in [3.05, 3.63) is 47.3 Å². The number of rotatable bonds is 3. The van der Waals surface area contributed by atoms with E-state index in [0.29, 0.717) is 41.7 Å². The molecule has 0 radical (unpaired) electrons. The number of benzene rings is 1. The second-order valence-corrected chi connectivity index (χ2v) is 7.07. The van der Waals surface area contributed by atoms with Crippen LogP contribution in [0.15, 0.2) is 24.7 Å². The van der Waals surface area contributed by atoms with E-state index >= 15 is 0 Å². The maximum absolute atomic E-state index is 14.6. The number of ether oxygens (including phenoxy) is 1. The summed E-state index contributed by atoms with van der Waals surface area (Å²) in [5.74, 6) is -0.328. The van der Waals surface area contributed by atoms with Gasteiger partial charge in [0.2, 0.25) is 5.95 Å². The Bertz CT molecular complexity index is 1260. The maximum atomic E-state index is 14.6. The fourth-order valence-corrected chi connectivity index (χ4v) is 3.77. The van der Waals surface area contributed by atoms with Gasteiger partial charge in [0, 0.05) is 54.1 Å². The lowest BCUT2D eigenvalue weighted by molar-refractivity contribution is -0.138. The number of alkyl halides is 3. The van der Waals surface area contributed by atoms with Gasteiger partial charge in [0.15, 0.2) is 11.6 Å². The van der Waals surface area contributed by atoms with Crippen LogP contribution in [-0.4, -0.2) is 44.0 Å². The van der Waals surface area contributed by atoms with E-state index in [4.69, 9.17) is 4.74 Å². The van der Waals surface area contributed by atoms with E-state index in [2.05, 4.69) is 30.4 Å². The first-order valence-electron chi connectivity index (χ1n) is 9.27. The SMILES string of the molecule is COc1c(F)cc(-c2n[nH]c3c2CN(c2ncc(C(F)(F)F)cn2)CC3)c2cn[nH]c12. The summed E-state index contributed by atoms with van der Waals surface area (Å²) in [7, 11) is 1.37. The van der Waals surface area contributed by atoms with Crippen LogP contribution in [-0.2, 0) is 19.1 Å². The molecule has 4 heterocycles. The molecule has 160 valence electrons. The van der Waals surface area contributed by atoms with Crippen LogP contribution in [0.1, 0.15) is 16.8 Å². The number of nitrogens with zero attached hydrogens (tertiary/aromatic N) is 5. The van der Waals surface area contributed by atoms with Crippen molar-refractivity contribution >= 4 is 16.9 Å². The number of nitrogens with one attached hydrogen (secondary N) is 2. The Kier molecular flexibility index (Phi) is 4.31. The molecular formula is C19H15F4N7O. The van der Waals surface area contributed by atoms with Crippen molar-refractivity contribution in [2.24, 2.45) is 0 Å². The van der Waals surface area contributed by atoms with Crippen LogP contribution in [0.5, 0.6) is 5.75 Å². The minimum atomic E-state index is -4.50. The zero-order valence-electron chi connectivity index (χ0n) is 16.1. The number of H-pyrrole nitrogens is 2. The average molecular weight is 433 g/mol. The summed E-state index contributed by atoms with van der Waals surface area (Å²) in [6, 6.07) is 1.33. The Morgan fingerprint density at radius 2 is 1.90 bits per heavy atom. The molecule has 0 amide bonds. The lowest BCUT2D eigenvalue weighted by Crippen LogP contribution is -2.31. The van der Waals surface area contributed by atoms with Crippen LogP contribution in [0.25, 0.3) is 22.2 Å². The predicted molar refractivity (Wildman–Crippen MR) is 102 cm³/mol. The monoisotopic (exact) mass is 433 g/mol. The summed E-state index contributed by atoms with van der Waals surface area (Å²) in [6.07, 6.45) is -0.850. The number of anilines is 1. The molecule has 0 unspecified atom stereocenters. The third kappa shape index (κ3) is 3.14. The van der Waals surface area contributed by atoms with Crippen LogP contribution in [0.2, 0.25) is 0 Å². The van der Waals surface area contributed by atoms with Crippen LogP contribution >= 0.6 is 0 Å². The summed E-state index contributed by atoms with van der Waals surface area (Å²) in [4.78, 5) is 9.52. The second kappa shape index (κ2) is 6.93. The molecule has 1 aromatic carbocycles. The molecule has 0 saturated heterocycles. The summed E-state index contributed by atoms with van der Waals surface area (Å²) in [5.41, 5.74) is 2.21. The second-order valence-electron chi connectivity index (χ2n) is 7.07. The van der Waals surface area contributed by atoms with E-state index < -0.39 is 17.6 Å². The number of aromatic amines is 2.